The van der Waals surface area contributed by atoms with Gasteiger partial charge in [0.1, 0.15) is 5.60 Å². The third-order valence-electron chi connectivity index (χ3n) is 5.16. The predicted octanol–water partition coefficient (Wildman–Crippen LogP) is 2.57. The van der Waals surface area contributed by atoms with E-state index in [1.807, 2.05) is 20.8 Å². The molecule has 0 bridgehead atoms. The van der Waals surface area contributed by atoms with E-state index in [-0.39, 0.29) is 18.4 Å². The molecule has 0 radical (unpaired) electrons. The van der Waals surface area contributed by atoms with E-state index in [4.69, 9.17) is 14.2 Å². The summed E-state index contributed by atoms with van der Waals surface area (Å²) >= 11 is 0. The Kier molecular flexibility index (Phi) is 5.37. The van der Waals surface area contributed by atoms with Crippen LogP contribution in [0.5, 0.6) is 0 Å². The van der Waals surface area contributed by atoms with Crippen molar-refractivity contribution in [2.24, 2.45) is 5.41 Å². The summed E-state index contributed by atoms with van der Waals surface area (Å²) in [4.78, 5) is 11.8. The smallest absolute Gasteiger partial charge is 0.407 e. The Hall–Kier alpha value is -0.850. The van der Waals surface area contributed by atoms with Crippen LogP contribution in [0.3, 0.4) is 0 Å². The van der Waals surface area contributed by atoms with Crippen molar-refractivity contribution in [3.8, 4) is 0 Å². The van der Waals surface area contributed by atoms with E-state index in [0.717, 1.165) is 45.3 Å². The summed E-state index contributed by atoms with van der Waals surface area (Å²) in [7, 11) is 0. The first-order chi connectivity index (χ1) is 11.4. The zero-order valence-corrected chi connectivity index (χ0v) is 15.2. The fourth-order valence-electron chi connectivity index (χ4n) is 3.81. The number of hydrogen-bond donors (Lipinski definition) is 2. The molecule has 1 amide bonds. The summed E-state index contributed by atoms with van der Waals surface area (Å²) in [6, 6.07) is 0.837. The number of nitrogens with one attached hydrogen (secondary N) is 2. The second kappa shape index (κ2) is 7.18. The fourth-order valence-corrected chi connectivity index (χ4v) is 3.81. The lowest BCUT2D eigenvalue weighted by Gasteiger charge is -2.37. The molecular weight excluding hydrogens is 308 g/mol. The Labute approximate surface area is 145 Å². The zero-order valence-electron chi connectivity index (χ0n) is 15.2. The molecule has 1 aliphatic heterocycles. The monoisotopic (exact) mass is 340 g/mol. The number of hydrogen-bond acceptors (Lipinski definition) is 5. The van der Waals surface area contributed by atoms with E-state index in [9.17, 15) is 4.79 Å². The lowest BCUT2D eigenvalue weighted by atomic mass is 9.76. The lowest BCUT2D eigenvalue weighted by Crippen LogP contribution is -2.47. The fraction of sp³-hybridized carbons (Fsp3) is 0.944. The minimum absolute atomic E-state index is 0.000811. The van der Waals surface area contributed by atoms with Crippen LogP contribution >= 0.6 is 0 Å². The van der Waals surface area contributed by atoms with Crippen molar-refractivity contribution in [2.45, 2.75) is 83.3 Å². The van der Waals surface area contributed by atoms with Crippen LogP contribution in [0.15, 0.2) is 0 Å². The van der Waals surface area contributed by atoms with Gasteiger partial charge in [0.25, 0.3) is 0 Å². The van der Waals surface area contributed by atoms with Crippen molar-refractivity contribution in [1.29, 1.82) is 0 Å². The minimum atomic E-state index is -0.433. The summed E-state index contributed by atoms with van der Waals surface area (Å²) in [6.45, 7) is 8.06. The highest BCUT2D eigenvalue weighted by Crippen LogP contribution is 2.60. The van der Waals surface area contributed by atoms with Crippen LogP contribution in [0.4, 0.5) is 4.79 Å². The minimum Gasteiger partial charge on any atom is -0.444 e. The first-order valence-corrected chi connectivity index (χ1v) is 9.32. The highest BCUT2D eigenvalue weighted by atomic mass is 16.7. The number of rotatable bonds is 6. The third-order valence-corrected chi connectivity index (χ3v) is 5.16. The van der Waals surface area contributed by atoms with Gasteiger partial charge in [-0.3, -0.25) is 0 Å². The number of ether oxygens (including phenoxy) is 3. The van der Waals surface area contributed by atoms with E-state index in [1.165, 1.54) is 6.42 Å². The third kappa shape index (κ3) is 4.83. The van der Waals surface area contributed by atoms with Crippen LogP contribution in [-0.2, 0) is 14.2 Å². The quantitative estimate of drug-likeness (QED) is 0.727. The number of alkyl carbamates (subject to hydrolysis) is 1. The van der Waals surface area contributed by atoms with Crippen molar-refractivity contribution in [3.05, 3.63) is 0 Å². The first-order valence-electron chi connectivity index (χ1n) is 9.32. The first kappa shape index (κ1) is 18.0. The number of carbonyl (C=O) groups is 1. The van der Waals surface area contributed by atoms with Crippen molar-refractivity contribution in [1.82, 2.24) is 10.6 Å². The Morgan fingerprint density at radius 1 is 1.25 bits per heavy atom. The van der Waals surface area contributed by atoms with Crippen LogP contribution in [0.25, 0.3) is 0 Å². The molecule has 24 heavy (non-hydrogen) atoms. The summed E-state index contributed by atoms with van der Waals surface area (Å²) in [5.74, 6) is 0. The Balaban J connectivity index is 1.24. The standard InChI is InChI=1S/C18H32N2O4/c1-17(2,3)24-16(21)20-14-12-18(14)10-13(11-18)19-7-9-23-15-6-4-5-8-22-15/h13-15,19H,4-12H2,1-3H3,(H,20,21). The SMILES string of the molecule is CC(C)(C)OC(=O)NC1CC12CC(NCCOC1CCCCO1)C2. The van der Waals surface area contributed by atoms with Gasteiger partial charge in [-0.15, -0.1) is 0 Å². The van der Waals surface area contributed by atoms with Crippen LogP contribution in [-0.4, -0.2) is 49.8 Å². The van der Waals surface area contributed by atoms with Gasteiger partial charge in [0.2, 0.25) is 0 Å². The van der Waals surface area contributed by atoms with Gasteiger partial charge in [-0.1, -0.05) is 0 Å². The molecule has 0 aromatic rings. The molecular formula is C18H32N2O4. The van der Waals surface area contributed by atoms with Gasteiger partial charge >= 0.3 is 6.09 Å². The molecule has 1 saturated heterocycles. The average Bonchev–Trinajstić information content (AvgIpc) is 3.15. The Morgan fingerprint density at radius 3 is 2.71 bits per heavy atom. The maximum absolute atomic E-state index is 11.8. The van der Waals surface area contributed by atoms with Crippen molar-refractivity contribution < 1.29 is 19.0 Å². The molecule has 3 aliphatic rings. The molecule has 0 aromatic heterocycles. The van der Waals surface area contributed by atoms with Gasteiger partial charge in [0.15, 0.2) is 6.29 Å². The highest BCUT2D eigenvalue weighted by molar-refractivity contribution is 5.69. The summed E-state index contributed by atoms with van der Waals surface area (Å²) in [5, 5.41) is 6.55. The van der Waals surface area contributed by atoms with Crippen molar-refractivity contribution in [3.63, 3.8) is 0 Å². The molecule has 138 valence electrons. The van der Waals surface area contributed by atoms with Gasteiger partial charge in [0.05, 0.1) is 6.61 Å². The van der Waals surface area contributed by atoms with E-state index in [0.29, 0.717) is 18.1 Å². The van der Waals surface area contributed by atoms with Gasteiger partial charge in [-0.25, -0.2) is 4.79 Å². The molecule has 3 fully saturated rings. The molecule has 1 spiro atoms. The average molecular weight is 340 g/mol. The summed E-state index contributed by atoms with van der Waals surface area (Å²) in [6.07, 6.45) is 6.43. The number of amides is 1. The topological polar surface area (TPSA) is 68.8 Å². The second-order valence-electron chi connectivity index (χ2n) is 8.49. The maximum Gasteiger partial charge on any atom is 0.407 e. The summed E-state index contributed by atoms with van der Waals surface area (Å²) in [5.41, 5.74) is -0.111. The molecule has 1 heterocycles. The molecule has 0 aromatic carbocycles. The largest absolute Gasteiger partial charge is 0.444 e. The van der Waals surface area contributed by atoms with Crippen LogP contribution in [0, 0.1) is 5.41 Å². The van der Waals surface area contributed by atoms with Gasteiger partial charge in [-0.2, -0.15) is 0 Å². The predicted molar refractivity (Wildman–Crippen MR) is 90.8 cm³/mol. The van der Waals surface area contributed by atoms with Gasteiger partial charge < -0.3 is 24.8 Å². The zero-order chi connectivity index (χ0) is 17.2. The highest BCUT2D eigenvalue weighted by Gasteiger charge is 2.62. The van der Waals surface area contributed by atoms with Crippen LogP contribution in [0.1, 0.15) is 59.3 Å². The molecule has 6 nitrogen and oxygen atoms in total. The van der Waals surface area contributed by atoms with Crippen LogP contribution in [0.2, 0.25) is 0 Å². The lowest BCUT2D eigenvalue weighted by molar-refractivity contribution is -0.161. The molecule has 2 saturated carbocycles. The van der Waals surface area contributed by atoms with Gasteiger partial charge in [-0.05, 0) is 64.7 Å². The number of carbonyl (C=O) groups excluding carboxylic acids is 1. The van der Waals surface area contributed by atoms with Crippen molar-refractivity contribution in [2.75, 3.05) is 19.8 Å². The normalized spacial score (nSPS) is 35.4. The van der Waals surface area contributed by atoms with Gasteiger partial charge in [0, 0.05) is 25.2 Å². The van der Waals surface area contributed by atoms with E-state index < -0.39 is 5.60 Å². The van der Waals surface area contributed by atoms with E-state index in [1.54, 1.807) is 0 Å². The molecule has 2 N–H and O–H groups in total. The molecule has 3 rings (SSSR count). The Bertz CT molecular complexity index is 437. The molecule has 2 unspecified atom stereocenters. The molecule has 6 heteroatoms. The van der Waals surface area contributed by atoms with E-state index in [2.05, 4.69) is 10.6 Å². The van der Waals surface area contributed by atoms with Crippen LogP contribution < -0.4 is 10.6 Å². The Morgan fingerprint density at radius 2 is 2.04 bits per heavy atom. The maximum atomic E-state index is 11.8. The van der Waals surface area contributed by atoms with Crippen molar-refractivity contribution >= 4 is 6.09 Å². The molecule has 2 aliphatic carbocycles. The second-order valence-corrected chi connectivity index (χ2v) is 8.49. The molecule has 2 atom stereocenters. The summed E-state index contributed by atoms with van der Waals surface area (Å²) < 4.78 is 16.6. The van der Waals surface area contributed by atoms with E-state index >= 15 is 0 Å².